The number of pyridine rings is 3. The van der Waals surface area contributed by atoms with Crippen LogP contribution in [-0.2, 0) is 6.54 Å². The van der Waals surface area contributed by atoms with E-state index < -0.39 is 11.7 Å². The van der Waals surface area contributed by atoms with Gasteiger partial charge in [-0.15, -0.1) is 0 Å². The standard InChI is InChI=1S/C26H21F3N10/c1-14-10-39(13-33-14)25-21-18(2-4-31-25)34-24(35-21)22-19-20(27)17(9-32-23(19)37-36-22)16-6-15(7-30-8-16)11-38-5-3-26(28,29)12-38/h2,4,6-10,13H,3,5,11-12H2,1H3,(H,34,35)(H,32,36,37). The zero-order valence-electron chi connectivity index (χ0n) is 20.7. The molecule has 6 aromatic heterocycles. The molecular formula is C26H21F3N10. The second-order valence-corrected chi connectivity index (χ2v) is 9.72. The molecule has 10 nitrogen and oxygen atoms in total. The van der Waals surface area contributed by atoms with E-state index >= 15 is 4.39 Å². The van der Waals surface area contributed by atoms with Crippen LogP contribution in [0.25, 0.3) is 50.5 Å². The van der Waals surface area contributed by atoms with Gasteiger partial charge in [-0.1, -0.05) is 0 Å². The highest BCUT2D eigenvalue weighted by Gasteiger charge is 2.38. The van der Waals surface area contributed by atoms with Crippen molar-refractivity contribution < 1.29 is 13.2 Å². The molecule has 7 heterocycles. The van der Waals surface area contributed by atoms with Crippen molar-refractivity contribution in [1.29, 1.82) is 0 Å². The topological polar surface area (TPSA) is 117 Å². The quantitative estimate of drug-likeness (QED) is 0.339. The van der Waals surface area contributed by atoms with Crippen LogP contribution >= 0.6 is 0 Å². The summed E-state index contributed by atoms with van der Waals surface area (Å²) < 4.78 is 45.1. The van der Waals surface area contributed by atoms with E-state index in [9.17, 15) is 8.78 Å². The van der Waals surface area contributed by atoms with Gasteiger partial charge in [0, 0.05) is 61.6 Å². The molecule has 196 valence electrons. The van der Waals surface area contributed by atoms with Crippen LogP contribution in [0.1, 0.15) is 17.7 Å². The molecule has 0 bridgehead atoms. The molecule has 39 heavy (non-hydrogen) atoms. The summed E-state index contributed by atoms with van der Waals surface area (Å²) in [7, 11) is 0. The van der Waals surface area contributed by atoms with Crippen LogP contribution in [0.5, 0.6) is 0 Å². The molecule has 1 saturated heterocycles. The number of imidazole rings is 2. The molecule has 0 atom stereocenters. The normalized spacial score (nSPS) is 15.6. The van der Waals surface area contributed by atoms with Crippen molar-refractivity contribution in [2.24, 2.45) is 0 Å². The van der Waals surface area contributed by atoms with Crippen LogP contribution in [0.2, 0.25) is 0 Å². The van der Waals surface area contributed by atoms with Crippen LogP contribution in [0.3, 0.4) is 0 Å². The lowest BCUT2D eigenvalue weighted by atomic mass is 10.0. The Balaban J connectivity index is 1.28. The van der Waals surface area contributed by atoms with Crippen LogP contribution in [0.15, 0.2) is 49.4 Å². The summed E-state index contributed by atoms with van der Waals surface area (Å²) in [5.41, 5.74) is 4.08. The molecule has 0 radical (unpaired) electrons. The van der Waals surface area contributed by atoms with Gasteiger partial charge in [-0.2, -0.15) is 5.10 Å². The molecule has 0 aromatic carbocycles. The van der Waals surface area contributed by atoms with E-state index in [0.29, 0.717) is 52.6 Å². The van der Waals surface area contributed by atoms with Gasteiger partial charge in [0.2, 0.25) is 0 Å². The summed E-state index contributed by atoms with van der Waals surface area (Å²) in [5, 5.41) is 7.22. The van der Waals surface area contributed by atoms with Gasteiger partial charge in [0.1, 0.15) is 23.4 Å². The zero-order valence-corrected chi connectivity index (χ0v) is 20.7. The van der Waals surface area contributed by atoms with Gasteiger partial charge in [0.15, 0.2) is 17.3 Å². The monoisotopic (exact) mass is 530 g/mol. The molecule has 2 N–H and O–H groups in total. The minimum Gasteiger partial charge on any atom is -0.336 e. The first-order valence-corrected chi connectivity index (χ1v) is 12.3. The Morgan fingerprint density at radius 2 is 2.03 bits per heavy atom. The second-order valence-electron chi connectivity index (χ2n) is 9.72. The maximum atomic E-state index is 16.1. The number of H-pyrrole nitrogens is 2. The van der Waals surface area contributed by atoms with Crippen LogP contribution in [-0.4, -0.2) is 68.6 Å². The zero-order chi connectivity index (χ0) is 26.7. The van der Waals surface area contributed by atoms with Gasteiger partial charge in [-0.3, -0.25) is 19.5 Å². The van der Waals surface area contributed by atoms with Gasteiger partial charge in [0.05, 0.1) is 23.1 Å². The van der Waals surface area contributed by atoms with Gasteiger partial charge in [-0.05, 0) is 24.6 Å². The number of nitrogens with zero attached hydrogens (tertiary/aromatic N) is 8. The highest BCUT2D eigenvalue weighted by Crippen LogP contribution is 2.34. The Hall–Kier alpha value is -4.65. The van der Waals surface area contributed by atoms with Crippen LogP contribution in [0.4, 0.5) is 13.2 Å². The predicted octanol–water partition coefficient (Wildman–Crippen LogP) is 4.43. The molecule has 13 heteroatoms. The second kappa shape index (κ2) is 8.70. The molecule has 0 spiro atoms. The minimum atomic E-state index is -2.69. The first-order valence-electron chi connectivity index (χ1n) is 12.3. The third-order valence-corrected chi connectivity index (χ3v) is 6.85. The van der Waals surface area contributed by atoms with Crippen molar-refractivity contribution in [1.82, 2.24) is 49.6 Å². The summed E-state index contributed by atoms with van der Waals surface area (Å²) in [5.74, 6) is -2.27. The van der Waals surface area contributed by atoms with E-state index in [4.69, 9.17) is 4.98 Å². The Labute approximate surface area is 219 Å². The maximum absolute atomic E-state index is 16.1. The number of hydrogen-bond acceptors (Lipinski definition) is 7. The van der Waals surface area contributed by atoms with Gasteiger partial charge in [0.25, 0.3) is 5.92 Å². The minimum absolute atomic E-state index is 0.167. The Morgan fingerprint density at radius 3 is 2.82 bits per heavy atom. The number of nitrogens with one attached hydrogen (secondary N) is 2. The molecule has 0 amide bonds. The lowest BCUT2D eigenvalue weighted by molar-refractivity contribution is 0.0115. The molecule has 1 fully saturated rings. The molecule has 6 aromatic rings. The molecule has 0 aliphatic carbocycles. The summed E-state index contributed by atoms with van der Waals surface area (Å²) >= 11 is 0. The van der Waals surface area contributed by atoms with Gasteiger partial charge < -0.3 is 4.98 Å². The third kappa shape index (κ3) is 4.11. The number of alkyl halides is 2. The molecular weight excluding hydrogens is 509 g/mol. The first kappa shape index (κ1) is 23.5. The summed E-state index contributed by atoms with van der Waals surface area (Å²) in [6, 6.07) is 3.53. The van der Waals surface area contributed by atoms with E-state index in [1.165, 1.54) is 12.4 Å². The number of halogens is 3. The Morgan fingerprint density at radius 1 is 1.13 bits per heavy atom. The SMILES string of the molecule is Cc1cn(-c2nccc3[nH]c(-c4[nH]nc5ncc(-c6cncc(CN7CCC(F)(F)C7)c6)c(F)c45)nc23)cn1. The molecule has 1 aliphatic rings. The highest BCUT2D eigenvalue weighted by molar-refractivity contribution is 5.95. The van der Waals surface area contributed by atoms with E-state index in [0.717, 1.165) is 5.69 Å². The number of likely N-dealkylation sites (tertiary alicyclic amines) is 1. The van der Waals surface area contributed by atoms with E-state index in [1.54, 1.807) is 40.3 Å². The fourth-order valence-corrected chi connectivity index (χ4v) is 5.01. The number of fused-ring (bicyclic) bond motifs is 2. The number of aryl methyl sites for hydroxylation is 1. The van der Waals surface area contributed by atoms with Gasteiger partial charge >= 0.3 is 0 Å². The molecule has 7 rings (SSSR count). The smallest absolute Gasteiger partial charge is 0.261 e. The van der Waals surface area contributed by atoms with Crippen molar-refractivity contribution in [3.8, 4) is 28.5 Å². The summed E-state index contributed by atoms with van der Waals surface area (Å²) in [4.78, 5) is 26.9. The average molecular weight is 531 g/mol. The van der Waals surface area contributed by atoms with Crippen LogP contribution in [0, 0.1) is 12.7 Å². The van der Waals surface area contributed by atoms with Crippen molar-refractivity contribution in [3.05, 3.63) is 66.5 Å². The van der Waals surface area contributed by atoms with Crippen molar-refractivity contribution in [3.63, 3.8) is 0 Å². The number of hydrogen-bond donors (Lipinski definition) is 2. The Kier molecular flexibility index (Phi) is 5.23. The summed E-state index contributed by atoms with van der Waals surface area (Å²) in [6.45, 7) is 2.18. The lowest BCUT2D eigenvalue weighted by Gasteiger charge is -2.15. The lowest BCUT2D eigenvalue weighted by Crippen LogP contribution is -2.24. The number of aromatic nitrogens is 9. The average Bonchev–Trinajstić information content (AvgIpc) is 3.70. The summed E-state index contributed by atoms with van der Waals surface area (Å²) in [6.07, 6.45) is 9.52. The van der Waals surface area contributed by atoms with Gasteiger partial charge in [-0.25, -0.2) is 33.1 Å². The van der Waals surface area contributed by atoms with E-state index in [-0.39, 0.29) is 29.6 Å². The first-order chi connectivity index (χ1) is 18.8. The molecule has 0 saturated carbocycles. The van der Waals surface area contributed by atoms with Crippen LogP contribution < -0.4 is 0 Å². The highest BCUT2D eigenvalue weighted by atomic mass is 19.3. The fourth-order valence-electron chi connectivity index (χ4n) is 5.01. The van der Waals surface area contributed by atoms with Crippen molar-refractivity contribution in [2.75, 3.05) is 13.1 Å². The van der Waals surface area contributed by atoms with Crippen molar-refractivity contribution >= 4 is 22.1 Å². The largest absolute Gasteiger partial charge is 0.336 e. The van der Waals surface area contributed by atoms with E-state index in [2.05, 4.69) is 35.1 Å². The van der Waals surface area contributed by atoms with Crippen molar-refractivity contribution in [2.45, 2.75) is 25.8 Å². The van der Waals surface area contributed by atoms with E-state index in [1.807, 2.05) is 13.1 Å². The maximum Gasteiger partial charge on any atom is 0.261 e. The third-order valence-electron chi connectivity index (χ3n) is 6.85. The Bertz CT molecular complexity index is 1850. The number of aromatic amines is 2. The molecule has 1 aliphatic heterocycles. The predicted molar refractivity (Wildman–Crippen MR) is 137 cm³/mol. The number of rotatable bonds is 5. The molecule has 0 unspecified atom stereocenters. The fraction of sp³-hybridized carbons (Fsp3) is 0.231.